The van der Waals surface area contributed by atoms with Crippen LogP contribution in [0.1, 0.15) is 45.4 Å². The Morgan fingerprint density at radius 3 is 2.64 bits per heavy atom. The van der Waals surface area contributed by atoms with E-state index in [9.17, 15) is 14.4 Å². The fraction of sp³-hybridized carbons (Fsp3) is 0.500. The van der Waals surface area contributed by atoms with Crippen molar-refractivity contribution in [2.75, 3.05) is 19.6 Å². The molecule has 152 valence electrons. The molecule has 0 aliphatic heterocycles. The summed E-state index contributed by atoms with van der Waals surface area (Å²) in [6.45, 7) is 5.95. The molecule has 0 spiro atoms. The van der Waals surface area contributed by atoms with E-state index in [1.54, 1.807) is 18.2 Å². The number of quaternary nitrogens is 1. The first-order valence-electron chi connectivity index (χ1n) is 9.92. The summed E-state index contributed by atoms with van der Waals surface area (Å²) in [5.41, 5.74) is 0.450. The van der Waals surface area contributed by atoms with Crippen LogP contribution in [0.4, 0.5) is 4.79 Å². The zero-order chi connectivity index (χ0) is 20.4. The van der Waals surface area contributed by atoms with Gasteiger partial charge >= 0.3 is 6.03 Å². The molecule has 28 heavy (non-hydrogen) atoms. The van der Waals surface area contributed by atoms with Crippen LogP contribution in [0.15, 0.2) is 29.1 Å². The van der Waals surface area contributed by atoms with E-state index in [4.69, 9.17) is 0 Å². The number of H-pyrrole nitrogens is 1. The van der Waals surface area contributed by atoms with Crippen molar-refractivity contribution in [3.63, 3.8) is 0 Å². The van der Waals surface area contributed by atoms with Gasteiger partial charge in [0.05, 0.1) is 17.4 Å². The predicted octanol–water partition coefficient (Wildman–Crippen LogP) is 0.734. The van der Waals surface area contributed by atoms with Crippen LogP contribution in [-0.2, 0) is 11.3 Å². The number of carbonyl (C=O) groups excluding carboxylic acids is 2. The van der Waals surface area contributed by atoms with Crippen molar-refractivity contribution in [2.24, 2.45) is 0 Å². The number of aromatic nitrogens is 2. The second-order valence-corrected chi connectivity index (χ2v) is 6.89. The van der Waals surface area contributed by atoms with Crippen LogP contribution >= 0.6 is 0 Å². The number of benzene rings is 1. The third kappa shape index (κ3) is 6.77. The van der Waals surface area contributed by atoms with Gasteiger partial charge in [-0.05, 0) is 25.0 Å². The topological polar surface area (TPSA) is 108 Å². The number of rotatable bonds is 10. The average molecular weight is 388 g/mol. The second kappa shape index (κ2) is 11.2. The first kappa shape index (κ1) is 21.6. The molecule has 1 atom stereocenters. The number of carbonyl (C=O) groups is 2. The quantitative estimate of drug-likeness (QED) is 0.450. The molecule has 0 saturated carbocycles. The summed E-state index contributed by atoms with van der Waals surface area (Å²) >= 11 is 0. The van der Waals surface area contributed by atoms with Gasteiger partial charge in [0.25, 0.3) is 11.5 Å². The SMILES string of the molecule is CCCCNC(=O)NC(=O)C[NH+](CCCC)Cc1nc2ccccc2c(=O)[nH]1. The number of fused-ring (bicyclic) bond motifs is 1. The fourth-order valence-corrected chi connectivity index (χ4v) is 2.94. The summed E-state index contributed by atoms with van der Waals surface area (Å²) in [4.78, 5) is 44.5. The van der Waals surface area contributed by atoms with E-state index in [0.717, 1.165) is 37.1 Å². The number of hydrogen-bond donors (Lipinski definition) is 4. The Labute approximate surface area is 164 Å². The first-order valence-corrected chi connectivity index (χ1v) is 9.92. The Hall–Kier alpha value is -2.74. The van der Waals surface area contributed by atoms with Crippen molar-refractivity contribution < 1.29 is 14.5 Å². The van der Waals surface area contributed by atoms with Crippen molar-refractivity contribution in [1.29, 1.82) is 0 Å². The van der Waals surface area contributed by atoms with Crippen LogP contribution in [0.25, 0.3) is 10.9 Å². The molecule has 1 heterocycles. The van der Waals surface area contributed by atoms with Crippen LogP contribution in [0, 0.1) is 0 Å². The third-order valence-corrected chi connectivity index (χ3v) is 4.44. The van der Waals surface area contributed by atoms with Gasteiger partial charge in [0, 0.05) is 6.54 Å². The number of para-hydroxylation sites is 1. The van der Waals surface area contributed by atoms with Crippen molar-refractivity contribution in [3.8, 4) is 0 Å². The zero-order valence-electron chi connectivity index (χ0n) is 16.6. The number of imide groups is 1. The molecule has 3 amide bonds. The fourth-order valence-electron chi connectivity index (χ4n) is 2.94. The highest BCUT2D eigenvalue weighted by Gasteiger charge is 2.18. The Bertz CT molecular complexity index is 849. The molecule has 0 aliphatic rings. The highest BCUT2D eigenvalue weighted by Crippen LogP contribution is 2.04. The van der Waals surface area contributed by atoms with Gasteiger partial charge in [-0.15, -0.1) is 0 Å². The normalized spacial score (nSPS) is 11.9. The van der Waals surface area contributed by atoms with Crippen LogP contribution in [0.2, 0.25) is 0 Å². The van der Waals surface area contributed by atoms with Crippen molar-refractivity contribution in [3.05, 3.63) is 40.4 Å². The van der Waals surface area contributed by atoms with Gasteiger partial charge in [0.2, 0.25) is 0 Å². The maximum absolute atomic E-state index is 12.3. The average Bonchev–Trinajstić information content (AvgIpc) is 2.66. The number of aromatic amines is 1. The smallest absolute Gasteiger partial charge is 0.321 e. The summed E-state index contributed by atoms with van der Waals surface area (Å²) in [7, 11) is 0. The molecule has 0 radical (unpaired) electrons. The minimum absolute atomic E-state index is 0.137. The van der Waals surface area contributed by atoms with Gasteiger partial charge in [-0.2, -0.15) is 0 Å². The summed E-state index contributed by atoms with van der Waals surface area (Å²) in [5.74, 6) is 0.193. The number of hydrogen-bond acceptors (Lipinski definition) is 4. The third-order valence-electron chi connectivity index (χ3n) is 4.44. The molecule has 4 N–H and O–H groups in total. The lowest BCUT2D eigenvalue weighted by Crippen LogP contribution is -3.12. The van der Waals surface area contributed by atoms with Gasteiger partial charge < -0.3 is 15.2 Å². The molecule has 1 unspecified atom stereocenters. The molecule has 8 nitrogen and oxygen atoms in total. The number of nitrogens with zero attached hydrogens (tertiary/aromatic N) is 1. The van der Waals surface area contributed by atoms with Crippen LogP contribution in [-0.4, -0.2) is 41.5 Å². The van der Waals surface area contributed by atoms with Crippen molar-refractivity contribution >= 4 is 22.8 Å². The van der Waals surface area contributed by atoms with Gasteiger partial charge in [-0.25, -0.2) is 9.78 Å². The second-order valence-electron chi connectivity index (χ2n) is 6.89. The molecule has 0 bridgehead atoms. The molecule has 8 heteroatoms. The minimum Gasteiger partial charge on any atom is -0.338 e. The van der Waals surface area contributed by atoms with Crippen LogP contribution < -0.4 is 21.1 Å². The number of urea groups is 1. The van der Waals surface area contributed by atoms with E-state index in [0.29, 0.717) is 29.8 Å². The molecule has 2 rings (SSSR count). The van der Waals surface area contributed by atoms with E-state index < -0.39 is 6.03 Å². The number of nitrogens with one attached hydrogen (secondary N) is 4. The van der Waals surface area contributed by atoms with Gasteiger partial charge in [0.15, 0.2) is 12.4 Å². The summed E-state index contributed by atoms with van der Waals surface area (Å²) in [6.07, 6.45) is 3.77. The molecular weight excluding hydrogens is 358 g/mol. The summed E-state index contributed by atoms with van der Waals surface area (Å²) in [5, 5.41) is 5.58. The predicted molar refractivity (Wildman–Crippen MR) is 108 cm³/mol. The highest BCUT2D eigenvalue weighted by molar-refractivity contribution is 5.94. The van der Waals surface area contributed by atoms with E-state index >= 15 is 0 Å². The Morgan fingerprint density at radius 2 is 1.89 bits per heavy atom. The maximum Gasteiger partial charge on any atom is 0.321 e. The minimum atomic E-state index is -0.467. The summed E-state index contributed by atoms with van der Waals surface area (Å²) in [6, 6.07) is 6.70. The Morgan fingerprint density at radius 1 is 1.14 bits per heavy atom. The van der Waals surface area contributed by atoms with E-state index in [2.05, 4.69) is 27.5 Å². The molecule has 1 aromatic carbocycles. The zero-order valence-corrected chi connectivity index (χ0v) is 16.6. The largest absolute Gasteiger partial charge is 0.338 e. The molecule has 0 aliphatic carbocycles. The standard InChI is InChI=1S/C20H29N5O3/c1-3-5-11-21-20(28)24-18(26)14-25(12-6-4-2)13-17-22-16-10-8-7-9-15(16)19(27)23-17/h7-10H,3-6,11-14H2,1-2H3,(H,22,23,27)(H2,21,24,26,28)/p+1. The molecule has 0 saturated heterocycles. The van der Waals surface area contributed by atoms with E-state index in [1.807, 2.05) is 13.0 Å². The molecule has 1 aromatic heterocycles. The van der Waals surface area contributed by atoms with Gasteiger partial charge in [-0.3, -0.25) is 14.9 Å². The first-order chi connectivity index (χ1) is 13.5. The van der Waals surface area contributed by atoms with Crippen molar-refractivity contribution in [2.45, 2.75) is 46.1 Å². The highest BCUT2D eigenvalue weighted by atomic mass is 16.2. The molecule has 0 fully saturated rings. The number of amides is 3. The lowest BCUT2D eigenvalue weighted by Gasteiger charge is -2.18. The van der Waals surface area contributed by atoms with Crippen LogP contribution in [0.3, 0.4) is 0 Å². The Balaban J connectivity index is 2.02. The van der Waals surface area contributed by atoms with Gasteiger partial charge in [-0.1, -0.05) is 38.8 Å². The maximum atomic E-state index is 12.3. The van der Waals surface area contributed by atoms with Crippen LogP contribution in [0.5, 0.6) is 0 Å². The lowest BCUT2D eigenvalue weighted by atomic mass is 10.2. The molecular formula is C20H30N5O3+. The van der Waals surface area contributed by atoms with Crippen molar-refractivity contribution in [1.82, 2.24) is 20.6 Å². The van der Waals surface area contributed by atoms with E-state index in [-0.39, 0.29) is 18.0 Å². The molecule has 2 aromatic rings. The van der Waals surface area contributed by atoms with E-state index in [1.165, 1.54) is 0 Å². The lowest BCUT2D eigenvalue weighted by molar-refractivity contribution is -0.906. The monoisotopic (exact) mass is 388 g/mol. The number of unbranched alkanes of at least 4 members (excludes halogenated alkanes) is 2. The Kier molecular flexibility index (Phi) is 8.61. The summed E-state index contributed by atoms with van der Waals surface area (Å²) < 4.78 is 0. The van der Waals surface area contributed by atoms with Gasteiger partial charge in [0.1, 0.15) is 6.54 Å².